The van der Waals surface area contributed by atoms with E-state index in [-0.39, 0.29) is 11.0 Å². The number of amides is 1. The number of thiocarbonyl (C=S) groups is 1. The number of nitrogens with one attached hydrogen (secondary N) is 2. The third-order valence-electron chi connectivity index (χ3n) is 5.88. The molecular weight excluding hydrogens is 510 g/mol. The van der Waals surface area contributed by atoms with Crippen LogP contribution in [0.3, 0.4) is 0 Å². The number of hydrogen-bond donors (Lipinski definition) is 2. The first-order valence-corrected chi connectivity index (χ1v) is 12.1. The van der Waals surface area contributed by atoms with Gasteiger partial charge in [-0.2, -0.15) is 4.80 Å². The Bertz CT molecular complexity index is 1680. The van der Waals surface area contributed by atoms with Gasteiger partial charge in [0.15, 0.2) is 5.11 Å². The predicted molar refractivity (Wildman–Crippen MR) is 149 cm³/mol. The molecule has 37 heavy (non-hydrogen) atoms. The van der Waals surface area contributed by atoms with E-state index in [0.29, 0.717) is 44.5 Å². The molecule has 0 aliphatic carbocycles. The van der Waals surface area contributed by atoms with Crippen molar-refractivity contribution >= 4 is 62.3 Å². The van der Waals surface area contributed by atoms with E-state index in [1.165, 1.54) is 11.9 Å². The molecule has 2 N–H and O–H groups in total. The Hall–Kier alpha value is -4.21. The van der Waals surface area contributed by atoms with Crippen LogP contribution in [-0.4, -0.2) is 40.2 Å². The van der Waals surface area contributed by atoms with Crippen molar-refractivity contribution in [2.45, 2.75) is 6.92 Å². The number of methoxy groups -OCH3 is 2. The number of carbonyl (C=O) groups excluding carboxylic acids is 1. The van der Waals surface area contributed by atoms with E-state index in [0.717, 1.165) is 16.3 Å². The van der Waals surface area contributed by atoms with Crippen LogP contribution in [0.1, 0.15) is 15.9 Å². The Balaban J connectivity index is 1.36. The Morgan fingerprint density at radius 3 is 2.27 bits per heavy atom. The summed E-state index contributed by atoms with van der Waals surface area (Å²) in [6, 6.07) is 20.4. The Labute approximate surface area is 223 Å². The zero-order valence-corrected chi connectivity index (χ0v) is 21.8. The molecule has 5 aromatic rings. The quantitative estimate of drug-likeness (QED) is 0.282. The number of hydrogen-bond acceptors (Lipinski definition) is 6. The highest BCUT2D eigenvalue weighted by molar-refractivity contribution is 7.80. The second-order valence-electron chi connectivity index (χ2n) is 8.27. The second kappa shape index (κ2) is 10.0. The maximum Gasteiger partial charge on any atom is 0.261 e. The minimum Gasteiger partial charge on any atom is -0.496 e. The van der Waals surface area contributed by atoms with Crippen molar-refractivity contribution in [3.63, 3.8) is 0 Å². The molecule has 10 heteroatoms. The number of carbonyl (C=O) groups is 1. The molecule has 0 radical (unpaired) electrons. The number of halogens is 1. The maximum absolute atomic E-state index is 13.0. The molecule has 1 heterocycles. The van der Waals surface area contributed by atoms with Crippen molar-refractivity contribution in [2.75, 3.05) is 19.5 Å². The lowest BCUT2D eigenvalue weighted by atomic mass is 10.1. The summed E-state index contributed by atoms with van der Waals surface area (Å²) >= 11 is 11.7. The summed E-state index contributed by atoms with van der Waals surface area (Å²) in [5.74, 6) is 0.661. The van der Waals surface area contributed by atoms with Gasteiger partial charge in [0.25, 0.3) is 5.91 Å². The van der Waals surface area contributed by atoms with Crippen molar-refractivity contribution in [1.29, 1.82) is 0 Å². The Morgan fingerprint density at radius 2 is 1.59 bits per heavy atom. The lowest BCUT2D eigenvalue weighted by molar-refractivity contribution is 0.0975. The van der Waals surface area contributed by atoms with Crippen molar-refractivity contribution < 1.29 is 14.3 Å². The highest BCUT2D eigenvalue weighted by atomic mass is 35.5. The van der Waals surface area contributed by atoms with Gasteiger partial charge in [0, 0.05) is 5.69 Å². The number of anilines is 1. The van der Waals surface area contributed by atoms with Crippen LogP contribution < -0.4 is 20.1 Å². The predicted octanol–water partition coefficient (Wildman–Crippen LogP) is 5.68. The molecule has 0 fully saturated rings. The van der Waals surface area contributed by atoms with Gasteiger partial charge >= 0.3 is 0 Å². The SMILES string of the molecule is COc1ccc(-n2nc3cc(C)c(NC(=S)NC(=O)c4cc5ccccc5cc4OC)cc3n2)cc1Cl. The Kier molecular flexibility index (Phi) is 6.64. The van der Waals surface area contributed by atoms with Crippen molar-refractivity contribution in [3.8, 4) is 17.2 Å². The van der Waals surface area contributed by atoms with E-state index < -0.39 is 0 Å². The summed E-state index contributed by atoms with van der Waals surface area (Å²) in [4.78, 5) is 14.5. The summed E-state index contributed by atoms with van der Waals surface area (Å²) < 4.78 is 10.7. The molecule has 0 bridgehead atoms. The average Bonchev–Trinajstić information content (AvgIpc) is 3.30. The van der Waals surface area contributed by atoms with Crippen LogP contribution in [0.4, 0.5) is 5.69 Å². The first kappa shape index (κ1) is 24.5. The molecule has 0 unspecified atom stereocenters. The highest BCUT2D eigenvalue weighted by Gasteiger charge is 2.16. The first-order chi connectivity index (χ1) is 17.9. The third-order valence-corrected chi connectivity index (χ3v) is 6.38. The molecule has 0 aliphatic rings. The normalized spacial score (nSPS) is 10.9. The number of fused-ring (bicyclic) bond motifs is 2. The number of aromatic nitrogens is 3. The largest absolute Gasteiger partial charge is 0.496 e. The summed E-state index contributed by atoms with van der Waals surface area (Å²) in [5, 5.41) is 17.5. The average molecular weight is 532 g/mol. The monoisotopic (exact) mass is 531 g/mol. The fraction of sp³-hybridized carbons (Fsp3) is 0.111. The number of ether oxygens (including phenoxy) is 2. The fourth-order valence-corrected chi connectivity index (χ4v) is 4.44. The minimum atomic E-state index is -0.374. The van der Waals surface area contributed by atoms with Gasteiger partial charge < -0.3 is 14.8 Å². The number of rotatable bonds is 5. The van der Waals surface area contributed by atoms with Crippen LogP contribution in [0.2, 0.25) is 5.02 Å². The van der Waals surface area contributed by atoms with Gasteiger partial charge in [-0.1, -0.05) is 35.9 Å². The zero-order valence-electron chi connectivity index (χ0n) is 20.2. The van der Waals surface area contributed by atoms with Gasteiger partial charge in [-0.15, -0.1) is 10.2 Å². The minimum absolute atomic E-state index is 0.150. The number of nitrogens with zero attached hydrogens (tertiary/aromatic N) is 3. The van der Waals surface area contributed by atoms with E-state index in [2.05, 4.69) is 20.8 Å². The van der Waals surface area contributed by atoms with Crippen LogP contribution >= 0.6 is 23.8 Å². The molecule has 0 atom stereocenters. The molecule has 0 saturated heterocycles. The van der Waals surface area contributed by atoms with Crippen LogP contribution in [0.5, 0.6) is 11.5 Å². The van der Waals surface area contributed by atoms with E-state index >= 15 is 0 Å². The fourth-order valence-electron chi connectivity index (χ4n) is 3.99. The summed E-state index contributed by atoms with van der Waals surface area (Å²) in [7, 11) is 3.09. The van der Waals surface area contributed by atoms with Gasteiger partial charge in [0.05, 0.1) is 30.5 Å². The van der Waals surface area contributed by atoms with Crippen molar-refractivity contribution in [1.82, 2.24) is 20.3 Å². The topological polar surface area (TPSA) is 90.3 Å². The summed E-state index contributed by atoms with van der Waals surface area (Å²) in [6.07, 6.45) is 0. The van der Waals surface area contributed by atoms with Crippen LogP contribution in [0, 0.1) is 6.92 Å². The van der Waals surface area contributed by atoms with E-state index in [4.69, 9.17) is 33.3 Å². The van der Waals surface area contributed by atoms with E-state index in [1.807, 2.05) is 55.5 Å². The summed E-state index contributed by atoms with van der Waals surface area (Å²) in [5.41, 5.74) is 4.01. The molecule has 1 aromatic heterocycles. The van der Waals surface area contributed by atoms with Crippen LogP contribution in [0.25, 0.3) is 27.5 Å². The third kappa shape index (κ3) is 4.91. The maximum atomic E-state index is 13.0. The molecule has 0 aliphatic heterocycles. The van der Waals surface area contributed by atoms with Crippen molar-refractivity contribution in [3.05, 3.63) is 82.9 Å². The lowest BCUT2D eigenvalue weighted by Gasteiger charge is -2.14. The smallest absolute Gasteiger partial charge is 0.261 e. The van der Waals surface area contributed by atoms with Gasteiger partial charge in [0.1, 0.15) is 22.5 Å². The summed E-state index contributed by atoms with van der Waals surface area (Å²) in [6.45, 7) is 1.92. The lowest BCUT2D eigenvalue weighted by Crippen LogP contribution is -2.34. The van der Waals surface area contributed by atoms with E-state index in [1.54, 1.807) is 25.3 Å². The van der Waals surface area contributed by atoms with Gasteiger partial charge in [-0.25, -0.2) is 0 Å². The van der Waals surface area contributed by atoms with Gasteiger partial charge in [-0.3, -0.25) is 10.1 Å². The molecule has 4 aromatic carbocycles. The highest BCUT2D eigenvalue weighted by Crippen LogP contribution is 2.28. The first-order valence-electron chi connectivity index (χ1n) is 11.3. The zero-order chi connectivity index (χ0) is 26.1. The molecule has 1 amide bonds. The van der Waals surface area contributed by atoms with Gasteiger partial charge in [-0.05, 0) is 77.9 Å². The van der Waals surface area contributed by atoms with E-state index in [9.17, 15) is 4.79 Å². The van der Waals surface area contributed by atoms with Gasteiger partial charge in [0.2, 0.25) is 0 Å². The van der Waals surface area contributed by atoms with Crippen LogP contribution in [-0.2, 0) is 0 Å². The molecule has 8 nitrogen and oxygen atoms in total. The Morgan fingerprint density at radius 1 is 0.919 bits per heavy atom. The van der Waals surface area contributed by atoms with Crippen LogP contribution in [0.15, 0.2) is 66.7 Å². The number of benzene rings is 4. The molecule has 186 valence electrons. The molecule has 0 saturated carbocycles. The van der Waals surface area contributed by atoms with Crippen molar-refractivity contribution in [2.24, 2.45) is 0 Å². The standard InChI is InChI=1S/C27H22ClN5O3S/c1-15-10-22-23(32-33(31-22)18-8-9-24(35-2)20(28)13-18)14-21(15)29-27(37)30-26(34)19-11-16-6-4-5-7-17(16)12-25(19)36-3/h4-14H,1-3H3,(H2,29,30,34,37). The molecule has 5 rings (SSSR count). The second-order valence-corrected chi connectivity index (χ2v) is 9.09. The molecule has 0 spiro atoms. The molecular formula is C27H22ClN5O3S. The number of aryl methyl sites for hydroxylation is 1.